The molecule has 1 amide bonds. The molecule has 0 aliphatic carbocycles. The van der Waals surface area contributed by atoms with E-state index in [-0.39, 0.29) is 17.0 Å². The van der Waals surface area contributed by atoms with Crippen LogP contribution in [0.25, 0.3) is 0 Å². The first-order chi connectivity index (χ1) is 10.9. The lowest BCUT2D eigenvalue weighted by Gasteiger charge is -2.12. The number of pyridine rings is 1. The van der Waals surface area contributed by atoms with Crippen LogP contribution >= 0.6 is 23.2 Å². The van der Waals surface area contributed by atoms with Crippen LogP contribution in [0.5, 0.6) is 11.6 Å². The molecule has 1 aromatic carbocycles. The lowest BCUT2D eigenvalue weighted by molar-refractivity contribution is 0.102. The number of benzene rings is 1. The van der Waals surface area contributed by atoms with Crippen molar-refractivity contribution in [3.05, 3.63) is 46.1 Å². The van der Waals surface area contributed by atoms with Gasteiger partial charge < -0.3 is 14.8 Å². The van der Waals surface area contributed by atoms with Crippen molar-refractivity contribution in [1.29, 1.82) is 0 Å². The van der Waals surface area contributed by atoms with Crippen LogP contribution in [0.3, 0.4) is 0 Å². The van der Waals surface area contributed by atoms with Crippen LogP contribution in [0.2, 0.25) is 10.0 Å². The van der Waals surface area contributed by atoms with Crippen molar-refractivity contribution in [3.8, 4) is 11.6 Å². The fourth-order valence-corrected chi connectivity index (χ4v) is 2.21. The third kappa shape index (κ3) is 4.50. The molecule has 2 aromatic rings. The van der Waals surface area contributed by atoms with Crippen LogP contribution in [0.4, 0.5) is 5.69 Å². The minimum Gasteiger partial charge on any atom is -0.497 e. The summed E-state index contributed by atoms with van der Waals surface area (Å²) < 4.78 is 10.5. The Labute approximate surface area is 144 Å². The molecule has 0 unspecified atom stereocenters. The summed E-state index contributed by atoms with van der Waals surface area (Å²) in [5.74, 6) is 0.524. The molecule has 0 bridgehead atoms. The number of halogens is 2. The van der Waals surface area contributed by atoms with Crippen LogP contribution < -0.4 is 14.8 Å². The Morgan fingerprint density at radius 1 is 1.22 bits per heavy atom. The van der Waals surface area contributed by atoms with Gasteiger partial charge in [-0.1, -0.05) is 23.2 Å². The third-order valence-corrected chi connectivity index (χ3v) is 3.42. The Balaban J connectivity index is 2.16. The van der Waals surface area contributed by atoms with E-state index in [1.807, 2.05) is 13.8 Å². The number of amides is 1. The quantitative estimate of drug-likeness (QED) is 0.862. The van der Waals surface area contributed by atoms with Gasteiger partial charge in [0.2, 0.25) is 5.88 Å². The minimum absolute atomic E-state index is 0.0576. The fraction of sp³-hybridized carbons (Fsp3) is 0.250. The molecule has 122 valence electrons. The van der Waals surface area contributed by atoms with Gasteiger partial charge in [0.1, 0.15) is 10.8 Å². The van der Waals surface area contributed by atoms with Crippen molar-refractivity contribution in [2.24, 2.45) is 0 Å². The highest BCUT2D eigenvalue weighted by atomic mass is 35.5. The standard InChI is InChI=1S/C16H16Cl2N2O3/c1-9(2)23-16-13(18)6-10(8-19-16)15(21)20-14-5-4-11(22-3)7-12(14)17/h4-9H,1-3H3,(H,20,21). The number of carbonyl (C=O) groups excluding carboxylic acids is 1. The summed E-state index contributed by atoms with van der Waals surface area (Å²) in [6, 6.07) is 6.47. The van der Waals surface area contributed by atoms with E-state index in [1.165, 1.54) is 12.3 Å². The second-order valence-electron chi connectivity index (χ2n) is 4.98. The molecule has 5 nitrogen and oxygen atoms in total. The lowest BCUT2D eigenvalue weighted by atomic mass is 10.2. The highest BCUT2D eigenvalue weighted by molar-refractivity contribution is 6.34. The molecule has 7 heteroatoms. The summed E-state index contributed by atoms with van der Waals surface area (Å²) in [5.41, 5.74) is 0.772. The van der Waals surface area contributed by atoms with Crippen LogP contribution in [0.15, 0.2) is 30.5 Å². The van der Waals surface area contributed by atoms with E-state index < -0.39 is 0 Å². The topological polar surface area (TPSA) is 60.5 Å². The van der Waals surface area contributed by atoms with E-state index in [4.69, 9.17) is 32.7 Å². The van der Waals surface area contributed by atoms with E-state index in [2.05, 4.69) is 10.3 Å². The van der Waals surface area contributed by atoms with Gasteiger partial charge in [-0.3, -0.25) is 4.79 Å². The van der Waals surface area contributed by atoms with Gasteiger partial charge in [0.05, 0.1) is 29.5 Å². The number of anilines is 1. The average Bonchev–Trinajstić information content (AvgIpc) is 2.50. The first-order valence-electron chi connectivity index (χ1n) is 6.87. The zero-order valence-electron chi connectivity index (χ0n) is 12.9. The number of aromatic nitrogens is 1. The number of nitrogens with one attached hydrogen (secondary N) is 1. The van der Waals surface area contributed by atoms with Gasteiger partial charge >= 0.3 is 0 Å². The molecule has 2 rings (SSSR count). The van der Waals surface area contributed by atoms with Crippen LogP contribution in [-0.4, -0.2) is 24.1 Å². The van der Waals surface area contributed by atoms with Gasteiger partial charge in [-0.05, 0) is 32.0 Å². The first kappa shape index (κ1) is 17.4. The van der Waals surface area contributed by atoms with Gasteiger partial charge in [-0.25, -0.2) is 4.98 Å². The van der Waals surface area contributed by atoms with Gasteiger partial charge in [0, 0.05) is 12.3 Å². The number of methoxy groups -OCH3 is 1. The molecule has 0 fully saturated rings. The number of nitrogens with zero attached hydrogens (tertiary/aromatic N) is 1. The summed E-state index contributed by atoms with van der Waals surface area (Å²) in [5, 5.41) is 3.34. The Kier molecular flexibility index (Phi) is 5.69. The van der Waals surface area contributed by atoms with Crippen molar-refractivity contribution < 1.29 is 14.3 Å². The maximum atomic E-state index is 12.3. The number of hydrogen-bond acceptors (Lipinski definition) is 4. The monoisotopic (exact) mass is 354 g/mol. The van der Waals surface area contributed by atoms with Crippen molar-refractivity contribution in [1.82, 2.24) is 4.98 Å². The Bertz CT molecular complexity index is 720. The second kappa shape index (κ2) is 7.53. The SMILES string of the molecule is COc1ccc(NC(=O)c2cnc(OC(C)C)c(Cl)c2)c(Cl)c1. The number of carbonyl (C=O) groups is 1. The highest BCUT2D eigenvalue weighted by Gasteiger charge is 2.13. The van der Waals surface area contributed by atoms with Gasteiger partial charge in [0.25, 0.3) is 5.91 Å². The molecule has 0 saturated carbocycles. The zero-order chi connectivity index (χ0) is 17.0. The summed E-state index contributed by atoms with van der Waals surface area (Å²) in [6.07, 6.45) is 1.34. The molecule has 0 atom stereocenters. The largest absolute Gasteiger partial charge is 0.497 e. The summed E-state index contributed by atoms with van der Waals surface area (Å²) in [7, 11) is 1.54. The lowest BCUT2D eigenvalue weighted by Crippen LogP contribution is -2.13. The molecule has 0 aliphatic rings. The van der Waals surface area contributed by atoms with E-state index >= 15 is 0 Å². The predicted octanol–water partition coefficient (Wildman–Crippen LogP) is 4.44. The van der Waals surface area contributed by atoms with Gasteiger partial charge in [-0.2, -0.15) is 0 Å². The highest BCUT2D eigenvalue weighted by Crippen LogP contribution is 2.28. The number of hydrogen-bond donors (Lipinski definition) is 1. The molecule has 23 heavy (non-hydrogen) atoms. The van der Waals surface area contributed by atoms with Crippen molar-refractivity contribution >= 4 is 34.8 Å². The van der Waals surface area contributed by atoms with Crippen LogP contribution in [0.1, 0.15) is 24.2 Å². The van der Waals surface area contributed by atoms with E-state index in [0.29, 0.717) is 27.9 Å². The van der Waals surface area contributed by atoms with Crippen LogP contribution in [0, 0.1) is 0 Å². The molecular formula is C16H16Cl2N2O3. The molecule has 0 aliphatic heterocycles. The second-order valence-corrected chi connectivity index (χ2v) is 5.79. The maximum Gasteiger partial charge on any atom is 0.257 e. The molecule has 1 heterocycles. The fourth-order valence-electron chi connectivity index (χ4n) is 1.78. The summed E-state index contributed by atoms with van der Waals surface area (Å²) in [4.78, 5) is 16.3. The minimum atomic E-state index is -0.373. The molecule has 0 spiro atoms. The maximum absolute atomic E-state index is 12.3. The normalized spacial score (nSPS) is 10.5. The Morgan fingerprint density at radius 2 is 1.96 bits per heavy atom. The van der Waals surface area contributed by atoms with Crippen molar-refractivity contribution in [2.45, 2.75) is 20.0 Å². The Hall–Kier alpha value is -1.98. The predicted molar refractivity (Wildman–Crippen MR) is 91.0 cm³/mol. The number of rotatable bonds is 5. The van der Waals surface area contributed by atoms with E-state index in [0.717, 1.165) is 0 Å². The van der Waals surface area contributed by atoms with Gasteiger partial charge in [-0.15, -0.1) is 0 Å². The van der Waals surface area contributed by atoms with Gasteiger partial charge in [0.15, 0.2) is 0 Å². The Morgan fingerprint density at radius 3 is 2.52 bits per heavy atom. The molecule has 1 N–H and O–H groups in total. The average molecular weight is 355 g/mol. The zero-order valence-corrected chi connectivity index (χ0v) is 14.4. The van der Waals surface area contributed by atoms with E-state index in [9.17, 15) is 4.79 Å². The summed E-state index contributed by atoms with van der Waals surface area (Å²) in [6.45, 7) is 3.73. The molecule has 1 aromatic heterocycles. The molecule has 0 radical (unpaired) electrons. The molecule has 0 saturated heterocycles. The van der Waals surface area contributed by atoms with Crippen molar-refractivity contribution in [2.75, 3.05) is 12.4 Å². The summed E-state index contributed by atoms with van der Waals surface area (Å²) >= 11 is 12.2. The first-order valence-corrected chi connectivity index (χ1v) is 7.63. The van der Waals surface area contributed by atoms with Crippen LogP contribution in [-0.2, 0) is 0 Å². The third-order valence-electron chi connectivity index (χ3n) is 2.84. The van der Waals surface area contributed by atoms with Crippen molar-refractivity contribution in [3.63, 3.8) is 0 Å². The number of ether oxygens (including phenoxy) is 2. The molecular weight excluding hydrogens is 339 g/mol. The van der Waals surface area contributed by atoms with E-state index in [1.54, 1.807) is 25.3 Å². The smallest absolute Gasteiger partial charge is 0.257 e.